The van der Waals surface area contributed by atoms with Crippen LogP contribution in [-0.4, -0.2) is 55.4 Å². The number of likely N-dealkylation sites (N-methyl/N-ethyl adjacent to an activating group) is 1. The first kappa shape index (κ1) is 22.5. The average molecular weight is 415 g/mol. The fourth-order valence-electron chi connectivity index (χ4n) is 2.37. The van der Waals surface area contributed by atoms with Crippen LogP contribution in [0.3, 0.4) is 0 Å². The first-order chi connectivity index (χ1) is 14.1. The lowest BCUT2D eigenvalue weighted by Crippen LogP contribution is -2.28. The van der Waals surface area contributed by atoms with Gasteiger partial charge in [-0.05, 0) is 54.6 Å². The summed E-state index contributed by atoms with van der Waals surface area (Å²) in [7, 11) is 3.55. The highest BCUT2D eigenvalue weighted by atomic mass is 32.2. The number of aldehydes is 1. The van der Waals surface area contributed by atoms with Gasteiger partial charge in [-0.1, -0.05) is 24.3 Å². The predicted octanol–water partition coefficient (Wildman–Crippen LogP) is 4.33. The minimum Gasteiger partial charge on any atom is -0.504 e. The Kier molecular flexibility index (Phi) is 9.27. The number of hydrogen-bond acceptors (Lipinski definition) is 6. The maximum Gasteiger partial charge on any atom is 0.169 e. The largest absolute Gasteiger partial charge is 0.504 e. The third-order valence-corrected chi connectivity index (χ3v) is 4.89. The second-order valence-corrected chi connectivity index (χ2v) is 7.11. The van der Waals surface area contributed by atoms with Crippen LogP contribution in [0, 0.1) is 0 Å². The topological polar surface area (TPSA) is 71.4 Å². The molecule has 6 nitrogen and oxygen atoms in total. The number of aliphatic imine (C=N–C) groups is 1. The number of carbonyl (C=O) groups is 1. The summed E-state index contributed by atoms with van der Waals surface area (Å²) in [5.74, 6) is 0.446. The third-order valence-electron chi connectivity index (χ3n) is 3.86. The normalized spacial score (nSPS) is 12.0. The molecule has 0 unspecified atom stereocenters. The molecule has 0 aliphatic carbocycles. The molecular weight excluding hydrogens is 388 g/mol. The highest BCUT2D eigenvalue weighted by Crippen LogP contribution is 2.29. The van der Waals surface area contributed by atoms with E-state index < -0.39 is 0 Å². The van der Waals surface area contributed by atoms with Crippen molar-refractivity contribution in [1.82, 2.24) is 4.90 Å². The van der Waals surface area contributed by atoms with E-state index in [1.807, 2.05) is 49.2 Å². The summed E-state index contributed by atoms with van der Waals surface area (Å²) < 4.78 is 10.6. The first-order valence-electron chi connectivity index (χ1n) is 9.21. The molecule has 0 bridgehead atoms. The van der Waals surface area contributed by atoms with Crippen LogP contribution in [0.25, 0.3) is 6.08 Å². The van der Waals surface area contributed by atoms with Gasteiger partial charge in [0.15, 0.2) is 23.0 Å². The van der Waals surface area contributed by atoms with Gasteiger partial charge in [0.25, 0.3) is 0 Å². The molecule has 0 atom stereocenters. The fraction of sp³-hybridized carbons (Fsp3) is 0.273. The van der Waals surface area contributed by atoms with Gasteiger partial charge < -0.3 is 19.5 Å². The van der Waals surface area contributed by atoms with Crippen LogP contribution in [0.5, 0.6) is 11.5 Å². The molecule has 0 aromatic heterocycles. The van der Waals surface area contributed by atoms with Crippen molar-refractivity contribution in [1.29, 1.82) is 0 Å². The summed E-state index contributed by atoms with van der Waals surface area (Å²) in [4.78, 5) is 18.9. The van der Waals surface area contributed by atoms with Crippen molar-refractivity contribution in [2.24, 2.45) is 4.99 Å². The standard InChI is InChI=1S/C22H26N2O4S/c1-4-28-21-15-17(10-11-20(21)26)14-19(16-25)29-22(24(2)12-13-27-3)23-18-8-6-5-7-9-18/h5-11,14-16,26H,4,12-13H2,1-3H3/b19-14-,23-22?. The van der Waals surface area contributed by atoms with Gasteiger partial charge in [0.05, 0.1) is 23.8 Å². The molecule has 0 heterocycles. The van der Waals surface area contributed by atoms with Gasteiger partial charge in [-0.15, -0.1) is 0 Å². The summed E-state index contributed by atoms with van der Waals surface area (Å²) in [6.45, 7) is 3.46. The van der Waals surface area contributed by atoms with Gasteiger partial charge in [0, 0.05) is 20.7 Å². The molecule has 0 saturated carbocycles. The summed E-state index contributed by atoms with van der Waals surface area (Å²) in [6, 6.07) is 14.5. The number of para-hydroxylation sites is 1. The molecule has 0 amide bonds. The number of amidine groups is 1. The van der Waals surface area contributed by atoms with Crippen molar-refractivity contribution in [3.8, 4) is 11.5 Å². The number of nitrogens with zero attached hydrogens (tertiary/aromatic N) is 2. The second kappa shape index (κ2) is 11.9. The number of methoxy groups -OCH3 is 1. The van der Waals surface area contributed by atoms with Gasteiger partial charge in [-0.25, -0.2) is 4.99 Å². The number of carbonyl (C=O) groups excluding carboxylic acids is 1. The van der Waals surface area contributed by atoms with E-state index in [4.69, 9.17) is 9.47 Å². The molecule has 0 aliphatic rings. The Morgan fingerprint density at radius 1 is 1.24 bits per heavy atom. The molecule has 154 valence electrons. The van der Waals surface area contributed by atoms with Gasteiger partial charge in [-0.3, -0.25) is 4.79 Å². The van der Waals surface area contributed by atoms with Crippen molar-refractivity contribution in [2.75, 3.05) is 33.9 Å². The quantitative estimate of drug-likeness (QED) is 0.285. The van der Waals surface area contributed by atoms with Crippen LogP contribution in [0.15, 0.2) is 58.4 Å². The Morgan fingerprint density at radius 2 is 2.00 bits per heavy atom. The van der Waals surface area contributed by atoms with Crippen LogP contribution in [0.2, 0.25) is 0 Å². The zero-order valence-electron chi connectivity index (χ0n) is 16.9. The Bertz CT molecular complexity index is 853. The van der Waals surface area contributed by atoms with E-state index in [0.29, 0.717) is 35.6 Å². The van der Waals surface area contributed by atoms with Gasteiger partial charge >= 0.3 is 0 Å². The number of phenols is 1. The molecule has 2 aromatic carbocycles. The summed E-state index contributed by atoms with van der Waals surface area (Å²) in [5, 5.41) is 10.5. The SMILES string of the molecule is CCOc1cc(/C=C(/C=O)SC(=Nc2ccccc2)N(C)CCOC)ccc1O. The van der Waals surface area contributed by atoms with E-state index in [9.17, 15) is 9.90 Å². The number of thioether (sulfide) groups is 1. The summed E-state index contributed by atoms with van der Waals surface area (Å²) in [5.41, 5.74) is 1.55. The maximum atomic E-state index is 11.7. The van der Waals surface area contributed by atoms with Crippen LogP contribution in [-0.2, 0) is 9.53 Å². The zero-order valence-corrected chi connectivity index (χ0v) is 17.7. The lowest BCUT2D eigenvalue weighted by atomic mass is 10.2. The zero-order chi connectivity index (χ0) is 21.1. The molecule has 29 heavy (non-hydrogen) atoms. The second-order valence-electron chi connectivity index (χ2n) is 6.07. The lowest BCUT2D eigenvalue weighted by molar-refractivity contribution is -0.104. The Hall–Kier alpha value is -2.77. The number of phenolic OH excluding ortho intramolecular Hbond substituents is 1. The van der Waals surface area contributed by atoms with Crippen LogP contribution < -0.4 is 4.74 Å². The van der Waals surface area contributed by atoms with Gasteiger partial charge in [0.1, 0.15) is 0 Å². The number of ether oxygens (including phenoxy) is 2. The molecule has 2 rings (SSSR count). The molecular formula is C22H26N2O4S. The van der Waals surface area contributed by atoms with Crippen molar-refractivity contribution >= 4 is 35.0 Å². The molecule has 7 heteroatoms. The van der Waals surface area contributed by atoms with E-state index >= 15 is 0 Å². The average Bonchev–Trinajstić information content (AvgIpc) is 2.74. The highest BCUT2D eigenvalue weighted by Gasteiger charge is 2.12. The van der Waals surface area contributed by atoms with E-state index in [1.165, 1.54) is 11.8 Å². The van der Waals surface area contributed by atoms with Crippen molar-refractivity contribution in [2.45, 2.75) is 6.92 Å². The number of rotatable bonds is 9. The summed E-state index contributed by atoms with van der Waals surface area (Å²) in [6.07, 6.45) is 2.53. The van der Waals surface area contributed by atoms with E-state index in [1.54, 1.807) is 31.4 Å². The monoisotopic (exact) mass is 414 g/mol. The van der Waals surface area contributed by atoms with E-state index in [2.05, 4.69) is 4.99 Å². The van der Waals surface area contributed by atoms with E-state index in [-0.39, 0.29) is 5.75 Å². The smallest absolute Gasteiger partial charge is 0.169 e. The maximum absolute atomic E-state index is 11.7. The van der Waals surface area contributed by atoms with Crippen molar-refractivity contribution < 1.29 is 19.4 Å². The molecule has 1 N–H and O–H groups in total. The predicted molar refractivity (Wildman–Crippen MR) is 119 cm³/mol. The molecule has 0 spiro atoms. The van der Waals surface area contributed by atoms with Crippen LogP contribution in [0.4, 0.5) is 5.69 Å². The number of allylic oxidation sites excluding steroid dienone is 1. The number of benzene rings is 2. The first-order valence-corrected chi connectivity index (χ1v) is 10.0. The van der Waals surface area contributed by atoms with Gasteiger partial charge in [0.2, 0.25) is 0 Å². The van der Waals surface area contributed by atoms with Crippen molar-refractivity contribution in [3.63, 3.8) is 0 Å². The number of hydrogen-bond donors (Lipinski definition) is 1. The van der Waals surface area contributed by atoms with Gasteiger partial charge in [-0.2, -0.15) is 0 Å². The van der Waals surface area contributed by atoms with Crippen molar-refractivity contribution in [3.05, 3.63) is 59.0 Å². The minimum absolute atomic E-state index is 0.0648. The Balaban J connectivity index is 2.31. The van der Waals surface area contributed by atoms with Crippen LogP contribution >= 0.6 is 11.8 Å². The Morgan fingerprint density at radius 3 is 2.66 bits per heavy atom. The lowest BCUT2D eigenvalue weighted by Gasteiger charge is -2.20. The summed E-state index contributed by atoms with van der Waals surface area (Å²) >= 11 is 1.27. The molecule has 0 aliphatic heterocycles. The third kappa shape index (κ3) is 7.29. The van der Waals surface area contributed by atoms with E-state index in [0.717, 1.165) is 17.5 Å². The molecule has 0 radical (unpaired) electrons. The Labute approximate surface area is 175 Å². The minimum atomic E-state index is 0.0648. The fourth-order valence-corrected chi connectivity index (χ4v) is 3.22. The molecule has 0 fully saturated rings. The molecule has 2 aromatic rings. The van der Waals surface area contributed by atoms with Crippen LogP contribution in [0.1, 0.15) is 12.5 Å². The highest BCUT2D eigenvalue weighted by molar-refractivity contribution is 8.17. The molecule has 0 saturated heterocycles. The number of aromatic hydroxyl groups is 1.